The molecule has 174 valence electrons. The van der Waals surface area contributed by atoms with E-state index in [0.717, 1.165) is 27.8 Å². The average Bonchev–Trinajstić information content (AvgIpc) is 3.24. The number of carboxylic acid groups (broad SMARTS) is 1. The molecule has 0 bridgehead atoms. The maximum Gasteiger partial charge on any atom is 0.323 e. The fourth-order valence-electron chi connectivity index (χ4n) is 3.62. The van der Waals surface area contributed by atoms with Crippen LogP contribution in [0.25, 0.3) is 23.3 Å². The lowest BCUT2D eigenvalue weighted by Gasteiger charge is -2.17. The number of methoxy groups -OCH3 is 2. The molecule has 8 nitrogen and oxygen atoms in total. The summed E-state index contributed by atoms with van der Waals surface area (Å²) in [6.07, 6.45) is 7.85. The number of ether oxygens (including phenoxy) is 2. The number of nitrogens with zero attached hydrogens (tertiary/aromatic N) is 2. The Hall–Kier alpha value is -3.62. The van der Waals surface area contributed by atoms with E-state index in [2.05, 4.69) is 29.5 Å². The van der Waals surface area contributed by atoms with Crippen molar-refractivity contribution in [1.29, 1.82) is 0 Å². The fourth-order valence-corrected chi connectivity index (χ4v) is 3.62. The molecule has 3 N–H and O–H groups in total. The minimum absolute atomic E-state index is 0.167. The molecule has 2 aromatic carbocycles. The first-order valence-corrected chi connectivity index (χ1v) is 10.5. The summed E-state index contributed by atoms with van der Waals surface area (Å²) in [4.78, 5) is 11.2. The third-order valence-corrected chi connectivity index (χ3v) is 5.48. The van der Waals surface area contributed by atoms with Crippen LogP contribution in [0.1, 0.15) is 22.3 Å². The molecule has 0 aliphatic carbocycles. The highest BCUT2D eigenvalue weighted by molar-refractivity contribution is 5.78. The number of rotatable bonds is 10. The van der Waals surface area contributed by atoms with E-state index in [1.54, 1.807) is 18.9 Å². The maximum absolute atomic E-state index is 11.2. The van der Waals surface area contributed by atoms with Crippen molar-refractivity contribution in [3.8, 4) is 22.6 Å². The van der Waals surface area contributed by atoms with Gasteiger partial charge in [-0.2, -0.15) is 5.10 Å². The molecule has 3 aromatic rings. The van der Waals surface area contributed by atoms with Gasteiger partial charge >= 0.3 is 5.97 Å². The van der Waals surface area contributed by atoms with Gasteiger partial charge in [0, 0.05) is 30.9 Å². The largest absolute Gasteiger partial charge is 0.496 e. The van der Waals surface area contributed by atoms with Gasteiger partial charge < -0.3 is 19.7 Å². The second kappa shape index (κ2) is 10.8. The van der Waals surface area contributed by atoms with Gasteiger partial charge in [-0.05, 0) is 41.3 Å². The number of aryl methyl sites for hydroxylation is 1. The van der Waals surface area contributed by atoms with E-state index in [4.69, 9.17) is 14.6 Å². The van der Waals surface area contributed by atoms with Crippen LogP contribution >= 0.6 is 0 Å². The second-order valence-corrected chi connectivity index (χ2v) is 7.61. The Labute approximate surface area is 193 Å². The Bertz CT molecular complexity index is 1130. The third kappa shape index (κ3) is 5.60. The Kier molecular flexibility index (Phi) is 7.87. The van der Waals surface area contributed by atoms with Gasteiger partial charge in [0.25, 0.3) is 0 Å². The number of nitrogens with one attached hydrogen (secondary N) is 1. The lowest BCUT2D eigenvalue weighted by atomic mass is 9.97. The first-order valence-electron chi connectivity index (χ1n) is 10.5. The molecule has 0 amide bonds. The van der Waals surface area contributed by atoms with Crippen LogP contribution in [0.3, 0.4) is 0 Å². The number of aromatic nitrogens is 2. The number of aliphatic carboxylic acids is 1. The smallest absolute Gasteiger partial charge is 0.323 e. The first kappa shape index (κ1) is 24.0. The van der Waals surface area contributed by atoms with Crippen LogP contribution in [0.2, 0.25) is 0 Å². The normalized spacial score (nSPS) is 12.2. The van der Waals surface area contributed by atoms with Crippen molar-refractivity contribution >= 4 is 18.1 Å². The average molecular weight is 452 g/mol. The zero-order chi connectivity index (χ0) is 24.0. The zero-order valence-corrected chi connectivity index (χ0v) is 19.2. The van der Waals surface area contributed by atoms with Crippen molar-refractivity contribution in [3.63, 3.8) is 0 Å². The number of hydrogen-bond acceptors (Lipinski definition) is 6. The van der Waals surface area contributed by atoms with E-state index in [1.807, 2.05) is 49.8 Å². The highest BCUT2D eigenvalue weighted by atomic mass is 16.5. The molecule has 1 heterocycles. The van der Waals surface area contributed by atoms with E-state index >= 15 is 0 Å². The third-order valence-electron chi connectivity index (χ3n) is 5.48. The highest BCUT2D eigenvalue weighted by Crippen LogP contribution is 2.32. The molecule has 0 saturated carbocycles. The van der Waals surface area contributed by atoms with Crippen molar-refractivity contribution < 1.29 is 24.5 Å². The van der Waals surface area contributed by atoms with Gasteiger partial charge in [0.15, 0.2) is 0 Å². The van der Waals surface area contributed by atoms with Crippen LogP contribution in [0.4, 0.5) is 0 Å². The molecule has 8 heteroatoms. The molecule has 0 radical (unpaired) electrons. The molecule has 33 heavy (non-hydrogen) atoms. The van der Waals surface area contributed by atoms with E-state index < -0.39 is 18.6 Å². The van der Waals surface area contributed by atoms with Gasteiger partial charge in [0.1, 0.15) is 17.5 Å². The van der Waals surface area contributed by atoms with Crippen molar-refractivity contribution in [1.82, 2.24) is 15.1 Å². The topological polar surface area (TPSA) is 106 Å². The Morgan fingerprint density at radius 2 is 1.91 bits per heavy atom. The maximum atomic E-state index is 11.2. The summed E-state index contributed by atoms with van der Waals surface area (Å²) in [6.45, 7) is 1.73. The molecule has 0 aliphatic heterocycles. The second-order valence-electron chi connectivity index (χ2n) is 7.61. The molecule has 1 aromatic heterocycles. The molecular weight excluding hydrogens is 422 g/mol. The Morgan fingerprint density at radius 1 is 1.21 bits per heavy atom. The summed E-state index contributed by atoms with van der Waals surface area (Å²) in [5.74, 6) is -0.00677. The predicted octanol–water partition coefficient (Wildman–Crippen LogP) is 3.12. The van der Waals surface area contributed by atoms with Gasteiger partial charge in [-0.15, -0.1) is 0 Å². The van der Waals surface area contributed by atoms with Crippen molar-refractivity contribution in [3.05, 3.63) is 65.0 Å². The monoisotopic (exact) mass is 451 g/mol. The first-order chi connectivity index (χ1) is 15.9. The van der Waals surface area contributed by atoms with Gasteiger partial charge in [0.2, 0.25) is 0 Å². The SMILES string of the molecule is COc1cc(/C=C/c2cccc(-c3cnn(C)c3)c2C)cc(OC)c1CNC(CO)C(=O)O. The van der Waals surface area contributed by atoms with Gasteiger partial charge in [-0.25, -0.2) is 0 Å². The summed E-state index contributed by atoms with van der Waals surface area (Å²) < 4.78 is 12.9. The number of aliphatic hydroxyl groups is 1. The summed E-state index contributed by atoms with van der Waals surface area (Å²) in [5.41, 5.74) is 5.95. The lowest BCUT2D eigenvalue weighted by Crippen LogP contribution is -2.39. The molecule has 1 atom stereocenters. The number of benzene rings is 2. The summed E-state index contributed by atoms with van der Waals surface area (Å²) in [7, 11) is 5.00. The van der Waals surface area contributed by atoms with Crippen LogP contribution < -0.4 is 14.8 Å². The molecular formula is C25H29N3O5. The Morgan fingerprint density at radius 3 is 2.45 bits per heavy atom. The standard InChI is InChI=1S/C25H29N3O5/c1-16-18(6-5-7-20(16)19-12-27-28(2)14-19)9-8-17-10-23(32-3)21(24(11-17)33-4)13-26-22(15-29)25(30)31/h5-12,14,22,26,29H,13,15H2,1-4H3,(H,30,31)/b9-8+. The molecule has 0 fully saturated rings. The number of hydrogen-bond donors (Lipinski definition) is 3. The van der Waals surface area contributed by atoms with E-state index in [9.17, 15) is 9.90 Å². The molecule has 1 unspecified atom stereocenters. The number of carboxylic acids is 1. The van der Waals surface area contributed by atoms with Crippen molar-refractivity contribution in [2.24, 2.45) is 7.05 Å². The van der Waals surface area contributed by atoms with E-state index in [0.29, 0.717) is 17.1 Å². The minimum atomic E-state index is -1.13. The highest BCUT2D eigenvalue weighted by Gasteiger charge is 2.18. The molecule has 3 rings (SSSR count). The summed E-state index contributed by atoms with van der Waals surface area (Å²) >= 11 is 0. The number of carbonyl (C=O) groups is 1. The van der Waals surface area contributed by atoms with Crippen LogP contribution in [-0.4, -0.2) is 52.8 Å². The van der Waals surface area contributed by atoms with Crippen LogP contribution in [0.5, 0.6) is 11.5 Å². The van der Waals surface area contributed by atoms with Crippen molar-refractivity contribution in [2.45, 2.75) is 19.5 Å². The summed E-state index contributed by atoms with van der Waals surface area (Å²) in [5, 5.41) is 25.5. The van der Waals surface area contributed by atoms with Crippen molar-refractivity contribution in [2.75, 3.05) is 20.8 Å². The molecule has 0 saturated heterocycles. The predicted molar refractivity (Wildman–Crippen MR) is 127 cm³/mol. The Balaban J connectivity index is 1.89. The zero-order valence-electron chi connectivity index (χ0n) is 19.2. The van der Waals surface area contributed by atoms with Crippen LogP contribution in [-0.2, 0) is 18.4 Å². The van der Waals surface area contributed by atoms with Gasteiger partial charge in [-0.3, -0.25) is 14.8 Å². The number of aliphatic hydroxyl groups excluding tert-OH is 1. The van der Waals surface area contributed by atoms with E-state index in [-0.39, 0.29) is 6.54 Å². The molecule has 0 aliphatic rings. The van der Waals surface area contributed by atoms with E-state index in [1.165, 1.54) is 0 Å². The summed E-state index contributed by atoms with van der Waals surface area (Å²) in [6, 6.07) is 8.81. The van der Waals surface area contributed by atoms with Gasteiger partial charge in [-0.1, -0.05) is 30.4 Å². The lowest BCUT2D eigenvalue weighted by molar-refractivity contribution is -0.140. The van der Waals surface area contributed by atoms with Gasteiger partial charge in [0.05, 0.1) is 27.0 Å². The van der Waals surface area contributed by atoms with Crippen LogP contribution in [0.15, 0.2) is 42.7 Å². The quantitative estimate of drug-likeness (QED) is 0.407. The van der Waals surface area contributed by atoms with Crippen LogP contribution in [0, 0.1) is 6.92 Å². The minimum Gasteiger partial charge on any atom is -0.496 e. The molecule has 0 spiro atoms. The fraction of sp³-hybridized carbons (Fsp3) is 0.280.